The number of halogens is 2. The third-order valence-corrected chi connectivity index (χ3v) is 4.63. The van der Waals surface area contributed by atoms with Gasteiger partial charge in [-0.1, -0.05) is 41.4 Å². The third-order valence-electron chi connectivity index (χ3n) is 4.10. The minimum absolute atomic E-state index is 0.293. The highest BCUT2D eigenvalue weighted by atomic mass is 35.5. The molecule has 1 heterocycles. The summed E-state index contributed by atoms with van der Waals surface area (Å²) in [5.41, 5.74) is 1.91. The first-order chi connectivity index (χ1) is 14.5. The first kappa shape index (κ1) is 21.7. The molecule has 1 unspecified atom stereocenters. The molecule has 0 radical (unpaired) electrons. The van der Waals surface area contributed by atoms with Crippen molar-refractivity contribution in [1.29, 1.82) is 0 Å². The lowest BCUT2D eigenvalue weighted by Crippen LogP contribution is -2.28. The summed E-state index contributed by atoms with van der Waals surface area (Å²) in [4.78, 5) is 16.5. The molecule has 0 amide bonds. The van der Waals surface area contributed by atoms with E-state index in [4.69, 9.17) is 37.4 Å². The number of methoxy groups -OCH3 is 1. The van der Waals surface area contributed by atoms with E-state index in [1.54, 1.807) is 43.6 Å². The van der Waals surface area contributed by atoms with Crippen molar-refractivity contribution >= 4 is 41.3 Å². The normalized spacial score (nSPS) is 11.9. The zero-order chi connectivity index (χ0) is 21.5. The molecule has 3 rings (SSSR count). The molecule has 0 aliphatic rings. The number of aromatic nitrogens is 1. The van der Waals surface area contributed by atoms with Gasteiger partial charge in [0, 0.05) is 17.4 Å². The van der Waals surface area contributed by atoms with E-state index < -0.39 is 12.1 Å². The van der Waals surface area contributed by atoms with Crippen molar-refractivity contribution in [3.8, 4) is 17.2 Å². The molecular weight excluding hydrogens is 425 g/mol. The number of esters is 1. The van der Waals surface area contributed by atoms with E-state index in [0.717, 1.165) is 11.1 Å². The molecule has 0 aliphatic carbocycles. The van der Waals surface area contributed by atoms with Gasteiger partial charge in [0.1, 0.15) is 5.75 Å². The van der Waals surface area contributed by atoms with Crippen LogP contribution in [0.1, 0.15) is 18.1 Å². The Hall–Kier alpha value is -3.02. The molecule has 5 nitrogen and oxygen atoms in total. The van der Waals surface area contributed by atoms with Gasteiger partial charge in [-0.25, -0.2) is 4.79 Å². The summed E-state index contributed by atoms with van der Waals surface area (Å²) in [6.07, 6.45) is 6.44. The lowest BCUT2D eigenvalue weighted by Gasteiger charge is -2.16. The number of carbonyl (C=O) groups excluding carboxylic acids is 1. The minimum Gasteiger partial charge on any atom is -0.493 e. The Morgan fingerprint density at radius 2 is 1.63 bits per heavy atom. The molecule has 1 aromatic heterocycles. The number of rotatable bonds is 7. The number of ether oxygens (including phenoxy) is 3. The second-order valence-electron chi connectivity index (χ2n) is 6.28. The average Bonchev–Trinajstić information content (AvgIpc) is 2.75. The van der Waals surface area contributed by atoms with Crippen LogP contribution in [0.15, 0.2) is 60.9 Å². The molecule has 2 aromatic carbocycles. The zero-order valence-electron chi connectivity index (χ0n) is 16.3. The summed E-state index contributed by atoms with van der Waals surface area (Å²) in [5.74, 6) is 0.478. The van der Waals surface area contributed by atoms with Gasteiger partial charge < -0.3 is 14.2 Å². The Bertz CT molecular complexity index is 1050. The van der Waals surface area contributed by atoms with Crippen LogP contribution in [0, 0.1) is 0 Å². The number of hydrogen-bond donors (Lipinski definition) is 0. The number of pyridine rings is 1. The molecule has 154 valence electrons. The first-order valence-electron chi connectivity index (χ1n) is 9.06. The van der Waals surface area contributed by atoms with E-state index in [1.807, 2.05) is 30.4 Å². The quantitative estimate of drug-likeness (QED) is 0.334. The summed E-state index contributed by atoms with van der Waals surface area (Å²) in [5, 5.41) is 0.787. The monoisotopic (exact) mass is 443 g/mol. The lowest BCUT2D eigenvalue weighted by molar-refractivity contribution is -0.141. The maximum absolute atomic E-state index is 12.5. The van der Waals surface area contributed by atoms with E-state index in [-0.39, 0.29) is 0 Å². The molecule has 3 aromatic rings. The van der Waals surface area contributed by atoms with Gasteiger partial charge in [0.05, 0.1) is 12.1 Å². The highest BCUT2D eigenvalue weighted by molar-refractivity contribution is 6.35. The Kier molecular flexibility index (Phi) is 7.33. The van der Waals surface area contributed by atoms with E-state index >= 15 is 0 Å². The second kappa shape index (κ2) is 10.1. The topological polar surface area (TPSA) is 57.7 Å². The molecule has 1 atom stereocenters. The fourth-order valence-corrected chi connectivity index (χ4v) is 2.99. The molecule has 0 spiro atoms. The smallest absolute Gasteiger partial charge is 0.352 e. The Balaban J connectivity index is 1.69. The van der Waals surface area contributed by atoms with Gasteiger partial charge in [0.25, 0.3) is 0 Å². The molecular formula is C23H19Cl2NO4. The van der Waals surface area contributed by atoms with Crippen molar-refractivity contribution in [1.82, 2.24) is 4.98 Å². The highest BCUT2D eigenvalue weighted by Gasteiger charge is 2.20. The molecule has 0 saturated carbocycles. The maximum atomic E-state index is 12.5. The Labute approximate surface area is 184 Å². The third kappa shape index (κ3) is 5.75. The zero-order valence-corrected chi connectivity index (χ0v) is 17.9. The number of carbonyl (C=O) groups is 1. The first-order valence-corrected chi connectivity index (χ1v) is 9.81. The van der Waals surface area contributed by atoms with E-state index in [0.29, 0.717) is 27.3 Å². The number of benzene rings is 2. The summed E-state index contributed by atoms with van der Waals surface area (Å²) in [6, 6.07) is 13.8. The van der Waals surface area contributed by atoms with Gasteiger partial charge >= 0.3 is 5.97 Å². The van der Waals surface area contributed by atoms with Crippen molar-refractivity contribution in [3.63, 3.8) is 0 Å². The minimum atomic E-state index is -0.889. The van der Waals surface area contributed by atoms with Crippen LogP contribution < -0.4 is 14.2 Å². The van der Waals surface area contributed by atoms with Gasteiger partial charge in [-0.2, -0.15) is 0 Å². The second-order valence-corrected chi connectivity index (χ2v) is 7.12. The SMILES string of the molecule is COc1cc(/C=C/c2ccncc2)ccc1OC(=O)C(C)Oc1ccc(Cl)cc1Cl. The average molecular weight is 444 g/mol. The molecule has 0 aliphatic heterocycles. The van der Waals surface area contributed by atoms with Crippen LogP contribution in [0.3, 0.4) is 0 Å². The van der Waals surface area contributed by atoms with Gasteiger partial charge in [-0.15, -0.1) is 0 Å². The summed E-state index contributed by atoms with van der Waals surface area (Å²) < 4.78 is 16.4. The van der Waals surface area contributed by atoms with Crippen LogP contribution in [0.4, 0.5) is 0 Å². The van der Waals surface area contributed by atoms with Crippen LogP contribution in [0.25, 0.3) is 12.2 Å². The van der Waals surface area contributed by atoms with E-state index in [9.17, 15) is 4.79 Å². The predicted molar refractivity (Wildman–Crippen MR) is 118 cm³/mol. The highest BCUT2D eigenvalue weighted by Crippen LogP contribution is 2.31. The Morgan fingerprint density at radius 1 is 0.933 bits per heavy atom. The standard InChI is InChI=1S/C23H19Cl2NO4/c1-15(29-20-8-6-18(24)14-19(20)25)23(27)30-21-7-5-17(13-22(21)28-2)4-3-16-9-11-26-12-10-16/h3-15H,1-2H3/b4-3+. The van der Waals surface area contributed by atoms with Crippen molar-refractivity contribution in [2.75, 3.05) is 7.11 Å². The van der Waals surface area contributed by atoms with Crippen molar-refractivity contribution in [2.45, 2.75) is 13.0 Å². The van der Waals surface area contributed by atoms with Crippen molar-refractivity contribution in [3.05, 3.63) is 82.1 Å². The van der Waals surface area contributed by atoms with Crippen LogP contribution >= 0.6 is 23.2 Å². The van der Waals surface area contributed by atoms with Crippen LogP contribution in [-0.4, -0.2) is 24.2 Å². The van der Waals surface area contributed by atoms with Crippen LogP contribution in [-0.2, 0) is 4.79 Å². The van der Waals surface area contributed by atoms with Gasteiger partial charge in [0.15, 0.2) is 17.6 Å². The molecule has 0 fully saturated rings. The lowest BCUT2D eigenvalue weighted by atomic mass is 10.1. The molecule has 0 bridgehead atoms. The Morgan fingerprint density at radius 3 is 2.33 bits per heavy atom. The fraction of sp³-hybridized carbons (Fsp3) is 0.130. The fourth-order valence-electron chi connectivity index (χ4n) is 2.54. The van der Waals surface area contributed by atoms with Crippen LogP contribution in [0.2, 0.25) is 10.0 Å². The van der Waals surface area contributed by atoms with E-state index in [2.05, 4.69) is 4.98 Å². The van der Waals surface area contributed by atoms with Crippen molar-refractivity contribution in [2.24, 2.45) is 0 Å². The molecule has 7 heteroatoms. The number of hydrogen-bond acceptors (Lipinski definition) is 5. The van der Waals surface area contributed by atoms with Crippen molar-refractivity contribution < 1.29 is 19.0 Å². The molecule has 0 saturated heterocycles. The van der Waals surface area contributed by atoms with E-state index in [1.165, 1.54) is 13.2 Å². The largest absolute Gasteiger partial charge is 0.493 e. The van der Waals surface area contributed by atoms with Gasteiger partial charge in [0.2, 0.25) is 0 Å². The summed E-state index contributed by atoms with van der Waals surface area (Å²) in [7, 11) is 1.51. The maximum Gasteiger partial charge on any atom is 0.352 e. The van der Waals surface area contributed by atoms with Crippen LogP contribution in [0.5, 0.6) is 17.2 Å². The number of nitrogens with zero attached hydrogens (tertiary/aromatic N) is 1. The predicted octanol–water partition coefficient (Wildman–Crippen LogP) is 5.94. The molecule has 30 heavy (non-hydrogen) atoms. The summed E-state index contributed by atoms with van der Waals surface area (Å²) >= 11 is 12.0. The summed E-state index contributed by atoms with van der Waals surface area (Å²) in [6.45, 7) is 1.57. The van der Waals surface area contributed by atoms with Gasteiger partial charge in [-0.3, -0.25) is 4.98 Å². The van der Waals surface area contributed by atoms with Gasteiger partial charge in [-0.05, 0) is 60.5 Å². The molecule has 0 N–H and O–H groups in total.